The molecule has 0 amide bonds. The van der Waals surface area contributed by atoms with E-state index >= 15 is 4.39 Å². The fraction of sp³-hybridized carbons (Fsp3) is 0.500. The summed E-state index contributed by atoms with van der Waals surface area (Å²) >= 11 is 0. The van der Waals surface area contributed by atoms with Crippen LogP contribution >= 0.6 is 0 Å². The van der Waals surface area contributed by atoms with Gasteiger partial charge < -0.3 is 14.4 Å². The molecule has 0 radical (unpaired) electrons. The third-order valence-corrected chi connectivity index (χ3v) is 8.72. The average molecular weight is 532 g/mol. The smallest absolute Gasteiger partial charge is 0.329 e. The van der Waals surface area contributed by atoms with E-state index in [0.717, 1.165) is 49.7 Å². The predicted molar refractivity (Wildman–Crippen MR) is 148 cm³/mol. The summed E-state index contributed by atoms with van der Waals surface area (Å²) < 4.78 is 31.9. The quantitative estimate of drug-likeness (QED) is 0.318. The zero-order chi connectivity index (χ0) is 26.5. The third-order valence-electron chi connectivity index (χ3n) is 8.72. The summed E-state index contributed by atoms with van der Waals surface area (Å²) in [6.45, 7) is 3.99. The lowest BCUT2D eigenvalue weighted by molar-refractivity contribution is 0.102. The highest BCUT2D eigenvalue weighted by molar-refractivity contribution is 6.09. The normalized spacial score (nSPS) is 21.2. The minimum Gasteiger partial charge on any atom is -0.487 e. The van der Waals surface area contributed by atoms with Crippen LogP contribution in [0, 0.1) is 5.82 Å². The van der Waals surface area contributed by atoms with Crippen molar-refractivity contribution in [1.82, 2.24) is 24.0 Å². The van der Waals surface area contributed by atoms with Gasteiger partial charge in [0.2, 0.25) is 5.88 Å². The number of aromatic nitrogens is 4. The molecule has 4 aromatic rings. The molecule has 2 fully saturated rings. The monoisotopic (exact) mass is 531 g/mol. The molecule has 1 saturated carbocycles. The number of nitrogens with zero attached hydrogens (tertiary/aromatic N) is 5. The maximum atomic E-state index is 15.8. The Morgan fingerprint density at radius 2 is 1.92 bits per heavy atom. The lowest BCUT2D eigenvalue weighted by Crippen LogP contribution is -2.37. The second-order valence-electron chi connectivity index (χ2n) is 11.2. The molecule has 9 heteroatoms. The van der Waals surface area contributed by atoms with Gasteiger partial charge in [-0.3, -0.25) is 14.1 Å². The molecule has 1 aromatic carbocycles. The Kier molecular flexibility index (Phi) is 6.26. The van der Waals surface area contributed by atoms with Crippen molar-refractivity contribution in [1.29, 1.82) is 0 Å². The van der Waals surface area contributed by atoms with E-state index in [-0.39, 0.29) is 17.8 Å². The molecular formula is C30H34FN5O3. The van der Waals surface area contributed by atoms with Crippen LogP contribution in [0.15, 0.2) is 35.4 Å². The van der Waals surface area contributed by atoms with Crippen LogP contribution in [0.25, 0.3) is 33.1 Å². The lowest BCUT2D eigenvalue weighted by Gasteiger charge is -2.31. The van der Waals surface area contributed by atoms with Crippen molar-refractivity contribution in [2.24, 2.45) is 7.05 Å². The zero-order valence-electron chi connectivity index (χ0n) is 22.4. The highest BCUT2D eigenvalue weighted by Gasteiger charge is 2.37. The standard InChI is InChI=1S/C30H34FN5O3/c1-34-23-18-32-21-16-20(31)26(19-10-11-25(33-17-19)38-15-7-14-35-12-5-2-6-13-35)29-27(21)28(23)36(30(34)37)22-8-3-4-9-24(22)39-29/h10-11,16-18,22,24H,2-9,12-15H2,1H3. The number of hydrogen-bond acceptors (Lipinski definition) is 6. The van der Waals surface area contributed by atoms with Gasteiger partial charge in [0.1, 0.15) is 17.7 Å². The lowest BCUT2D eigenvalue weighted by atomic mass is 9.92. The largest absolute Gasteiger partial charge is 0.487 e. The number of likely N-dealkylation sites (tertiary alicyclic amines) is 1. The van der Waals surface area contributed by atoms with E-state index in [9.17, 15) is 4.79 Å². The molecule has 2 unspecified atom stereocenters. The first-order valence-electron chi connectivity index (χ1n) is 14.3. The van der Waals surface area contributed by atoms with Gasteiger partial charge in [-0.15, -0.1) is 0 Å². The molecule has 0 spiro atoms. The van der Waals surface area contributed by atoms with Crippen LogP contribution < -0.4 is 15.2 Å². The minimum absolute atomic E-state index is 0.0815. The number of halogens is 1. The molecule has 1 saturated heterocycles. The van der Waals surface area contributed by atoms with E-state index in [4.69, 9.17) is 9.47 Å². The van der Waals surface area contributed by atoms with Gasteiger partial charge in [0, 0.05) is 37.5 Å². The van der Waals surface area contributed by atoms with Gasteiger partial charge in [-0.1, -0.05) is 12.8 Å². The number of fused-ring (bicyclic) bond motifs is 2. The maximum absolute atomic E-state index is 15.8. The summed E-state index contributed by atoms with van der Waals surface area (Å²) in [5.74, 6) is 0.563. The Hall–Kier alpha value is -3.46. The molecular weight excluding hydrogens is 497 g/mol. The molecule has 7 rings (SSSR count). The number of hydrogen-bond donors (Lipinski definition) is 0. The third kappa shape index (κ3) is 4.18. The van der Waals surface area contributed by atoms with Crippen LogP contribution in [0.2, 0.25) is 0 Å². The number of benzene rings is 1. The van der Waals surface area contributed by atoms with Crippen molar-refractivity contribution in [3.05, 3.63) is 46.9 Å². The van der Waals surface area contributed by atoms with Gasteiger partial charge in [0.25, 0.3) is 0 Å². The van der Waals surface area contributed by atoms with Crippen molar-refractivity contribution >= 4 is 21.9 Å². The van der Waals surface area contributed by atoms with Crippen LogP contribution in [0.3, 0.4) is 0 Å². The Morgan fingerprint density at radius 3 is 2.74 bits per heavy atom. The number of pyridine rings is 2. The zero-order valence-corrected chi connectivity index (χ0v) is 22.4. The molecule has 2 aliphatic heterocycles. The first-order chi connectivity index (χ1) is 19.1. The van der Waals surface area contributed by atoms with Gasteiger partial charge in [-0.2, -0.15) is 0 Å². The van der Waals surface area contributed by atoms with Gasteiger partial charge >= 0.3 is 5.69 Å². The van der Waals surface area contributed by atoms with E-state index in [1.807, 2.05) is 10.6 Å². The van der Waals surface area contributed by atoms with Crippen molar-refractivity contribution < 1.29 is 13.9 Å². The predicted octanol–water partition coefficient (Wildman–Crippen LogP) is 5.22. The van der Waals surface area contributed by atoms with Crippen molar-refractivity contribution in [2.75, 3.05) is 26.2 Å². The molecule has 2 atom stereocenters. The molecule has 0 bridgehead atoms. The molecule has 8 nitrogen and oxygen atoms in total. The van der Waals surface area contributed by atoms with Gasteiger partial charge in [-0.05, 0) is 57.7 Å². The number of imidazole rings is 1. The van der Waals surface area contributed by atoms with Gasteiger partial charge in [0.15, 0.2) is 0 Å². The first kappa shape index (κ1) is 24.6. The topological polar surface area (TPSA) is 74.4 Å². The Balaban J connectivity index is 1.24. The first-order valence-corrected chi connectivity index (χ1v) is 14.3. The SMILES string of the molecule is Cn1c(=O)n2c3c4c(c(-c5ccc(OCCCN6CCCCC6)nc5)c(F)cc4ncc31)OC1CCCCC12. The molecule has 3 aliphatic rings. The van der Waals surface area contributed by atoms with Crippen LogP contribution in [0.5, 0.6) is 11.6 Å². The van der Waals surface area contributed by atoms with Crippen LogP contribution in [0.4, 0.5) is 4.39 Å². The molecule has 5 heterocycles. The molecule has 39 heavy (non-hydrogen) atoms. The van der Waals surface area contributed by atoms with E-state index in [2.05, 4.69) is 14.9 Å². The summed E-state index contributed by atoms with van der Waals surface area (Å²) in [7, 11) is 1.77. The highest BCUT2D eigenvalue weighted by atomic mass is 19.1. The molecule has 204 valence electrons. The second kappa shape index (κ2) is 9.93. The number of rotatable bonds is 6. The van der Waals surface area contributed by atoms with E-state index < -0.39 is 5.82 Å². The summed E-state index contributed by atoms with van der Waals surface area (Å²) in [5.41, 5.74) is 2.88. The number of piperidine rings is 1. The van der Waals surface area contributed by atoms with E-state index in [1.165, 1.54) is 38.4 Å². The summed E-state index contributed by atoms with van der Waals surface area (Å²) in [6, 6.07) is 4.98. The van der Waals surface area contributed by atoms with Gasteiger partial charge in [0.05, 0.1) is 46.3 Å². The minimum atomic E-state index is -0.416. The maximum Gasteiger partial charge on any atom is 0.329 e. The number of ether oxygens (including phenoxy) is 2. The highest BCUT2D eigenvalue weighted by Crippen LogP contribution is 2.47. The van der Waals surface area contributed by atoms with Gasteiger partial charge in [-0.25, -0.2) is 14.2 Å². The Morgan fingerprint density at radius 1 is 1.08 bits per heavy atom. The fourth-order valence-electron chi connectivity index (χ4n) is 6.73. The Bertz CT molecular complexity index is 1590. The van der Waals surface area contributed by atoms with Crippen LogP contribution in [0.1, 0.15) is 57.4 Å². The second-order valence-corrected chi connectivity index (χ2v) is 11.2. The van der Waals surface area contributed by atoms with Crippen molar-refractivity contribution in [3.63, 3.8) is 0 Å². The van der Waals surface area contributed by atoms with Crippen molar-refractivity contribution in [3.8, 4) is 22.8 Å². The van der Waals surface area contributed by atoms with E-state index in [0.29, 0.717) is 40.3 Å². The molecule has 0 N–H and O–H groups in total. The molecule has 3 aromatic heterocycles. The average Bonchev–Trinajstić information content (AvgIpc) is 3.11. The van der Waals surface area contributed by atoms with Crippen LogP contribution in [-0.2, 0) is 7.05 Å². The summed E-state index contributed by atoms with van der Waals surface area (Å²) in [4.78, 5) is 24.9. The Labute approximate surface area is 226 Å². The molecule has 1 aliphatic carbocycles. The summed E-state index contributed by atoms with van der Waals surface area (Å²) in [5, 5.41) is 0.689. The van der Waals surface area contributed by atoms with Crippen molar-refractivity contribution in [2.45, 2.75) is 63.5 Å². The van der Waals surface area contributed by atoms with E-state index in [1.54, 1.807) is 30.1 Å². The fourth-order valence-corrected chi connectivity index (χ4v) is 6.73. The van der Waals surface area contributed by atoms with Crippen LogP contribution in [-0.4, -0.2) is 56.3 Å². The number of aryl methyl sites for hydroxylation is 1. The summed E-state index contributed by atoms with van der Waals surface area (Å²) in [6.07, 6.45) is 11.7.